The third kappa shape index (κ3) is 3.01. The molecule has 1 saturated heterocycles. The number of carbonyl (C=O) groups is 2. The zero-order valence-electron chi connectivity index (χ0n) is 12.5. The molecule has 0 spiro atoms. The molecule has 0 radical (unpaired) electrons. The van der Waals surface area contributed by atoms with Crippen molar-refractivity contribution in [1.82, 2.24) is 20.0 Å². The van der Waals surface area contributed by atoms with Crippen LogP contribution < -0.4 is 5.32 Å². The van der Waals surface area contributed by atoms with Gasteiger partial charge in [0.2, 0.25) is 0 Å². The van der Waals surface area contributed by atoms with Crippen LogP contribution in [0.25, 0.3) is 0 Å². The maximum Gasteiger partial charge on any atom is 0.329 e. The first-order valence-corrected chi connectivity index (χ1v) is 7.27. The summed E-state index contributed by atoms with van der Waals surface area (Å²) in [5.74, 6) is -0.914. The van der Waals surface area contributed by atoms with Gasteiger partial charge in [-0.1, -0.05) is 6.92 Å². The second-order valence-electron chi connectivity index (χ2n) is 5.41. The lowest BCUT2D eigenvalue weighted by Crippen LogP contribution is -2.55. The zero-order chi connectivity index (χ0) is 15.5. The largest absolute Gasteiger partial charge is 0.479 e. The molecule has 2 amide bonds. The van der Waals surface area contributed by atoms with Crippen LogP contribution in [0.2, 0.25) is 0 Å². The molecule has 2 heterocycles. The fourth-order valence-electron chi connectivity index (χ4n) is 2.91. The first-order valence-electron chi connectivity index (χ1n) is 7.27. The van der Waals surface area contributed by atoms with Crippen LogP contribution >= 0.6 is 0 Å². The first kappa shape index (κ1) is 15.3. The molecule has 1 aliphatic rings. The van der Waals surface area contributed by atoms with Gasteiger partial charge in [0.05, 0.1) is 5.69 Å². The van der Waals surface area contributed by atoms with Gasteiger partial charge in [0.15, 0.2) is 0 Å². The number of hydrogen-bond acceptors (Lipinski definition) is 3. The number of urea groups is 1. The van der Waals surface area contributed by atoms with Crippen LogP contribution in [0, 0.1) is 0 Å². The smallest absolute Gasteiger partial charge is 0.329 e. The molecule has 1 fully saturated rings. The minimum atomic E-state index is -1.05. The van der Waals surface area contributed by atoms with Gasteiger partial charge >= 0.3 is 12.0 Å². The summed E-state index contributed by atoms with van der Waals surface area (Å²) in [6.07, 6.45) is 4.16. The molecule has 116 valence electrons. The Morgan fingerprint density at radius 2 is 2.29 bits per heavy atom. The number of rotatable bonds is 5. The lowest BCUT2D eigenvalue weighted by molar-refractivity contribution is -0.148. The number of nitrogens with zero attached hydrogens (tertiary/aromatic N) is 3. The monoisotopic (exact) mass is 294 g/mol. The molecule has 0 bridgehead atoms. The van der Waals surface area contributed by atoms with E-state index in [4.69, 9.17) is 0 Å². The average molecular weight is 294 g/mol. The van der Waals surface area contributed by atoms with E-state index in [1.165, 1.54) is 4.90 Å². The van der Waals surface area contributed by atoms with E-state index in [1.807, 2.05) is 26.2 Å². The molecule has 7 nitrogen and oxygen atoms in total. The molecule has 21 heavy (non-hydrogen) atoms. The number of carbonyl (C=O) groups excluding carboxylic acids is 1. The summed E-state index contributed by atoms with van der Waals surface area (Å²) in [6, 6.07) is 1.60. The molecule has 1 aromatic rings. The second kappa shape index (κ2) is 6.15. The van der Waals surface area contributed by atoms with Crippen LogP contribution in [0.1, 0.15) is 31.9 Å². The molecule has 0 aromatic carbocycles. The molecular formula is C14H22N4O3. The zero-order valence-corrected chi connectivity index (χ0v) is 12.5. The van der Waals surface area contributed by atoms with E-state index in [-0.39, 0.29) is 6.03 Å². The van der Waals surface area contributed by atoms with Crippen molar-refractivity contribution in [3.8, 4) is 0 Å². The normalized spacial score (nSPS) is 21.5. The fourth-order valence-corrected chi connectivity index (χ4v) is 2.91. The lowest BCUT2D eigenvalue weighted by atomic mass is 9.93. The Morgan fingerprint density at radius 1 is 1.52 bits per heavy atom. The first-order chi connectivity index (χ1) is 9.99. The predicted molar refractivity (Wildman–Crippen MR) is 76.9 cm³/mol. The number of nitrogens with one attached hydrogen (secondary N) is 1. The number of hydrogen-bond donors (Lipinski definition) is 2. The molecule has 1 aromatic heterocycles. The van der Waals surface area contributed by atoms with Gasteiger partial charge in [-0.2, -0.15) is 5.10 Å². The molecule has 1 aliphatic heterocycles. The summed E-state index contributed by atoms with van der Waals surface area (Å²) in [4.78, 5) is 25.2. The standard InChI is InChI=1S/C14H22N4O3/c1-3-14(12(19)20)7-4-9-18(14)13(21)15-8-5-11-6-10-17(2)16-11/h6,10H,3-5,7-9H2,1-2H3,(H,15,21)(H,19,20). The molecule has 1 unspecified atom stereocenters. The fraction of sp³-hybridized carbons (Fsp3) is 0.643. The molecular weight excluding hydrogens is 272 g/mol. The quantitative estimate of drug-likeness (QED) is 0.848. The summed E-state index contributed by atoms with van der Waals surface area (Å²) in [5.41, 5.74) is -0.144. The molecule has 1 atom stereocenters. The number of aromatic nitrogens is 2. The van der Waals surface area contributed by atoms with E-state index < -0.39 is 11.5 Å². The van der Waals surface area contributed by atoms with Crippen LogP contribution in [0.4, 0.5) is 4.79 Å². The maximum atomic E-state index is 12.2. The number of likely N-dealkylation sites (tertiary alicyclic amines) is 1. The van der Waals surface area contributed by atoms with Crippen molar-refractivity contribution < 1.29 is 14.7 Å². The van der Waals surface area contributed by atoms with Crippen molar-refractivity contribution in [2.45, 2.75) is 38.1 Å². The Hall–Kier alpha value is -2.05. The van der Waals surface area contributed by atoms with Crippen LogP contribution in [0.3, 0.4) is 0 Å². The maximum absolute atomic E-state index is 12.2. The van der Waals surface area contributed by atoms with Crippen molar-refractivity contribution in [2.75, 3.05) is 13.1 Å². The number of aliphatic carboxylic acids is 1. The minimum Gasteiger partial charge on any atom is -0.479 e. The van der Waals surface area contributed by atoms with Gasteiger partial charge in [0, 0.05) is 32.8 Å². The van der Waals surface area contributed by atoms with Gasteiger partial charge in [0.1, 0.15) is 5.54 Å². The molecule has 7 heteroatoms. The topological polar surface area (TPSA) is 87.5 Å². The number of aryl methyl sites for hydroxylation is 1. The van der Waals surface area contributed by atoms with E-state index in [9.17, 15) is 14.7 Å². The van der Waals surface area contributed by atoms with Gasteiger partial charge in [-0.15, -0.1) is 0 Å². The highest BCUT2D eigenvalue weighted by Crippen LogP contribution is 2.32. The van der Waals surface area contributed by atoms with Crippen LogP contribution in [0.15, 0.2) is 12.3 Å². The summed E-state index contributed by atoms with van der Waals surface area (Å²) in [6.45, 7) is 2.76. The van der Waals surface area contributed by atoms with Gasteiger partial charge in [0.25, 0.3) is 0 Å². The average Bonchev–Trinajstić information content (AvgIpc) is 3.05. The van der Waals surface area contributed by atoms with Gasteiger partial charge in [-0.3, -0.25) is 4.68 Å². The molecule has 0 saturated carbocycles. The van der Waals surface area contributed by atoms with E-state index in [0.717, 1.165) is 12.1 Å². The number of carboxylic acids is 1. The number of amides is 2. The predicted octanol–water partition coefficient (Wildman–Crippen LogP) is 1.00. The van der Waals surface area contributed by atoms with Gasteiger partial charge in [-0.25, -0.2) is 9.59 Å². The summed E-state index contributed by atoms with van der Waals surface area (Å²) < 4.78 is 1.71. The highest BCUT2D eigenvalue weighted by atomic mass is 16.4. The molecule has 0 aliphatic carbocycles. The molecule has 2 rings (SSSR count). The van der Waals surface area contributed by atoms with Crippen molar-refractivity contribution in [2.24, 2.45) is 7.05 Å². The van der Waals surface area contributed by atoms with E-state index in [0.29, 0.717) is 32.4 Å². The van der Waals surface area contributed by atoms with E-state index >= 15 is 0 Å². The van der Waals surface area contributed by atoms with Crippen LogP contribution in [0.5, 0.6) is 0 Å². The Labute approximate surface area is 123 Å². The SMILES string of the molecule is CCC1(C(=O)O)CCCN1C(=O)NCCc1ccn(C)n1. The summed E-state index contributed by atoms with van der Waals surface area (Å²) >= 11 is 0. The third-order valence-electron chi connectivity index (χ3n) is 4.14. The van der Waals surface area contributed by atoms with Crippen molar-refractivity contribution >= 4 is 12.0 Å². The van der Waals surface area contributed by atoms with Crippen molar-refractivity contribution in [3.05, 3.63) is 18.0 Å². The van der Waals surface area contributed by atoms with Gasteiger partial charge in [-0.05, 0) is 25.3 Å². The molecule has 2 N–H and O–H groups in total. The Kier molecular flexibility index (Phi) is 4.50. The number of carboxylic acid groups (broad SMARTS) is 1. The summed E-state index contributed by atoms with van der Waals surface area (Å²) in [5, 5.41) is 16.5. The Bertz CT molecular complexity index is 528. The highest BCUT2D eigenvalue weighted by molar-refractivity contribution is 5.87. The van der Waals surface area contributed by atoms with Crippen LogP contribution in [-0.4, -0.2) is 50.4 Å². The van der Waals surface area contributed by atoms with E-state index in [2.05, 4.69) is 10.4 Å². The Balaban J connectivity index is 1.91. The van der Waals surface area contributed by atoms with Crippen molar-refractivity contribution in [3.63, 3.8) is 0 Å². The van der Waals surface area contributed by atoms with E-state index in [1.54, 1.807) is 4.68 Å². The Morgan fingerprint density at radius 3 is 2.86 bits per heavy atom. The highest BCUT2D eigenvalue weighted by Gasteiger charge is 2.48. The van der Waals surface area contributed by atoms with Crippen molar-refractivity contribution in [1.29, 1.82) is 0 Å². The minimum absolute atomic E-state index is 0.298. The lowest BCUT2D eigenvalue weighted by Gasteiger charge is -2.33. The van der Waals surface area contributed by atoms with Crippen LogP contribution in [-0.2, 0) is 18.3 Å². The third-order valence-corrected chi connectivity index (χ3v) is 4.14. The van der Waals surface area contributed by atoms with Gasteiger partial charge < -0.3 is 15.3 Å². The summed E-state index contributed by atoms with van der Waals surface area (Å²) in [7, 11) is 1.84. The second-order valence-corrected chi connectivity index (χ2v) is 5.41.